The molecule has 0 aliphatic carbocycles. The Morgan fingerprint density at radius 2 is 1.79 bits per heavy atom. The van der Waals surface area contributed by atoms with Crippen molar-refractivity contribution in [2.75, 3.05) is 31.1 Å². The largest absolute Gasteiger partial charge is 0.340 e. The van der Waals surface area contributed by atoms with E-state index in [-0.39, 0.29) is 5.56 Å². The quantitative estimate of drug-likeness (QED) is 0.650. The summed E-state index contributed by atoms with van der Waals surface area (Å²) in [6.45, 7) is 4.57. The molecule has 0 bridgehead atoms. The van der Waals surface area contributed by atoms with Crippen molar-refractivity contribution in [2.24, 2.45) is 0 Å². The summed E-state index contributed by atoms with van der Waals surface area (Å²) in [5.74, 6) is 1.30. The Kier molecular flexibility index (Phi) is 6.04. The number of nitrogens with zero attached hydrogens (tertiary/aromatic N) is 4. The molecule has 0 radical (unpaired) electrons. The standard InChI is InChI=1S/C21H23N5OS/c27-19-14-18(16-28-20-8-4-5-9-22-20)23-21(24-19)26-12-10-25(11-13-26)15-17-6-2-1-3-7-17/h1-9,14H,10-13,15-16H2,(H,23,24,27). The topological polar surface area (TPSA) is 65.1 Å². The second kappa shape index (κ2) is 9.03. The Morgan fingerprint density at radius 3 is 2.54 bits per heavy atom. The number of benzene rings is 1. The first-order chi connectivity index (χ1) is 13.8. The van der Waals surface area contributed by atoms with Crippen molar-refractivity contribution in [3.63, 3.8) is 0 Å². The van der Waals surface area contributed by atoms with Crippen molar-refractivity contribution in [1.82, 2.24) is 19.9 Å². The van der Waals surface area contributed by atoms with Gasteiger partial charge in [0.05, 0.1) is 10.7 Å². The van der Waals surface area contributed by atoms with Gasteiger partial charge >= 0.3 is 0 Å². The molecule has 3 aromatic rings. The molecule has 1 aliphatic heterocycles. The molecule has 0 saturated carbocycles. The molecule has 4 rings (SSSR count). The number of aromatic amines is 1. The van der Waals surface area contributed by atoms with Gasteiger partial charge in [0.2, 0.25) is 5.95 Å². The number of pyridine rings is 1. The summed E-state index contributed by atoms with van der Waals surface area (Å²) in [7, 11) is 0. The van der Waals surface area contributed by atoms with Gasteiger partial charge in [0.25, 0.3) is 5.56 Å². The van der Waals surface area contributed by atoms with E-state index in [0.717, 1.165) is 43.4 Å². The Hall–Kier alpha value is -2.64. The molecule has 28 heavy (non-hydrogen) atoms. The fraction of sp³-hybridized carbons (Fsp3) is 0.286. The SMILES string of the molecule is O=c1cc(CSc2ccccn2)nc(N2CCN(Cc3ccccc3)CC2)[nH]1. The zero-order valence-electron chi connectivity index (χ0n) is 15.6. The molecule has 1 N–H and O–H groups in total. The third-order valence-electron chi connectivity index (χ3n) is 4.71. The second-order valence-electron chi connectivity index (χ2n) is 6.77. The van der Waals surface area contributed by atoms with Crippen molar-refractivity contribution in [3.8, 4) is 0 Å². The van der Waals surface area contributed by atoms with Crippen LogP contribution < -0.4 is 10.5 Å². The molecule has 0 atom stereocenters. The molecule has 3 heterocycles. The van der Waals surface area contributed by atoms with E-state index in [9.17, 15) is 4.79 Å². The summed E-state index contributed by atoms with van der Waals surface area (Å²) in [6, 6.07) is 17.9. The minimum atomic E-state index is -0.103. The van der Waals surface area contributed by atoms with Crippen LogP contribution in [0.25, 0.3) is 0 Å². The molecule has 1 aromatic carbocycles. The zero-order valence-corrected chi connectivity index (χ0v) is 16.4. The van der Waals surface area contributed by atoms with Crippen LogP contribution in [0.4, 0.5) is 5.95 Å². The molecule has 0 spiro atoms. The van der Waals surface area contributed by atoms with Gasteiger partial charge < -0.3 is 4.90 Å². The summed E-state index contributed by atoms with van der Waals surface area (Å²) in [4.78, 5) is 28.6. The van der Waals surface area contributed by atoms with E-state index >= 15 is 0 Å². The van der Waals surface area contributed by atoms with E-state index in [1.165, 1.54) is 5.56 Å². The molecule has 2 aromatic heterocycles. The predicted octanol–water partition coefficient (Wildman–Crippen LogP) is 2.78. The number of rotatable bonds is 6. The summed E-state index contributed by atoms with van der Waals surface area (Å²) in [5, 5.41) is 0.931. The number of nitrogens with one attached hydrogen (secondary N) is 1. The average molecular weight is 394 g/mol. The van der Waals surface area contributed by atoms with Gasteiger partial charge in [0, 0.05) is 50.7 Å². The minimum Gasteiger partial charge on any atom is -0.340 e. The lowest BCUT2D eigenvalue weighted by molar-refractivity contribution is 0.248. The number of piperazine rings is 1. The predicted molar refractivity (Wildman–Crippen MR) is 113 cm³/mol. The third-order valence-corrected chi connectivity index (χ3v) is 5.69. The van der Waals surface area contributed by atoms with E-state index in [2.05, 4.69) is 49.0 Å². The van der Waals surface area contributed by atoms with Gasteiger partial charge in [0.1, 0.15) is 0 Å². The van der Waals surface area contributed by atoms with Crippen molar-refractivity contribution < 1.29 is 0 Å². The number of thioether (sulfide) groups is 1. The van der Waals surface area contributed by atoms with E-state index in [4.69, 9.17) is 0 Å². The molecule has 0 unspecified atom stereocenters. The molecular formula is C21H23N5OS. The van der Waals surface area contributed by atoms with E-state index in [1.807, 2.05) is 24.3 Å². The molecule has 1 saturated heterocycles. The van der Waals surface area contributed by atoms with Crippen LogP contribution in [-0.4, -0.2) is 46.0 Å². The van der Waals surface area contributed by atoms with Gasteiger partial charge in [0.15, 0.2) is 0 Å². The summed E-state index contributed by atoms with van der Waals surface area (Å²) >= 11 is 1.59. The fourth-order valence-electron chi connectivity index (χ4n) is 3.26. The smallest absolute Gasteiger partial charge is 0.252 e. The first-order valence-electron chi connectivity index (χ1n) is 9.41. The van der Waals surface area contributed by atoms with Gasteiger partial charge in [-0.05, 0) is 17.7 Å². The first-order valence-corrected chi connectivity index (χ1v) is 10.4. The molecule has 6 nitrogen and oxygen atoms in total. The highest BCUT2D eigenvalue weighted by molar-refractivity contribution is 7.98. The van der Waals surface area contributed by atoms with Gasteiger partial charge in [-0.15, -0.1) is 11.8 Å². The number of hydrogen-bond acceptors (Lipinski definition) is 6. The summed E-state index contributed by atoms with van der Waals surface area (Å²) < 4.78 is 0. The Morgan fingerprint density at radius 1 is 1.00 bits per heavy atom. The lowest BCUT2D eigenvalue weighted by atomic mass is 10.2. The van der Waals surface area contributed by atoms with Gasteiger partial charge in [-0.2, -0.15) is 0 Å². The number of hydrogen-bond donors (Lipinski definition) is 1. The molecule has 144 valence electrons. The molecule has 1 aliphatic rings. The lowest BCUT2D eigenvalue weighted by Gasteiger charge is -2.35. The minimum absolute atomic E-state index is 0.103. The molecular weight excluding hydrogens is 370 g/mol. The summed E-state index contributed by atoms with van der Waals surface area (Å²) in [6.07, 6.45) is 1.77. The second-order valence-corrected chi connectivity index (χ2v) is 7.76. The Balaban J connectivity index is 1.37. The van der Waals surface area contributed by atoms with Crippen LogP contribution in [-0.2, 0) is 12.3 Å². The maximum atomic E-state index is 12.1. The average Bonchev–Trinajstić information content (AvgIpc) is 2.74. The van der Waals surface area contributed by atoms with Crippen LogP contribution in [0, 0.1) is 0 Å². The normalized spacial score (nSPS) is 14.9. The van der Waals surface area contributed by atoms with Crippen LogP contribution in [0.3, 0.4) is 0 Å². The molecule has 1 fully saturated rings. The maximum absolute atomic E-state index is 12.1. The van der Waals surface area contributed by atoms with Gasteiger partial charge in [-0.1, -0.05) is 36.4 Å². The van der Waals surface area contributed by atoms with Crippen LogP contribution in [0.5, 0.6) is 0 Å². The highest BCUT2D eigenvalue weighted by Gasteiger charge is 2.19. The molecule has 0 amide bonds. The Labute approximate surface area is 168 Å². The number of anilines is 1. The van der Waals surface area contributed by atoms with Crippen LogP contribution >= 0.6 is 11.8 Å². The van der Waals surface area contributed by atoms with E-state index in [1.54, 1.807) is 24.0 Å². The molecule has 7 heteroatoms. The van der Waals surface area contributed by atoms with Crippen LogP contribution in [0.1, 0.15) is 11.3 Å². The van der Waals surface area contributed by atoms with E-state index < -0.39 is 0 Å². The Bertz CT molecular complexity index is 940. The van der Waals surface area contributed by atoms with Crippen molar-refractivity contribution >= 4 is 17.7 Å². The lowest BCUT2D eigenvalue weighted by Crippen LogP contribution is -2.47. The van der Waals surface area contributed by atoms with Gasteiger partial charge in [-0.3, -0.25) is 14.7 Å². The monoisotopic (exact) mass is 393 g/mol. The van der Waals surface area contributed by atoms with Gasteiger partial charge in [-0.25, -0.2) is 9.97 Å². The van der Waals surface area contributed by atoms with Crippen LogP contribution in [0.2, 0.25) is 0 Å². The third kappa shape index (κ3) is 4.99. The fourth-order valence-corrected chi connectivity index (χ4v) is 4.01. The van der Waals surface area contributed by atoms with Crippen molar-refractivity contribution in [2.45, 2.75) is 17.3 Å². The summed E-state index contributed by atoms with van der Waals surface area (Å²) in [5.41, 5.74) is 2.01. The van der Waals surface area contributed by atoms with E-state index in [0.29, 0.717) is 11.7 Å². The van der Waals surface area contributed by atoms with Crippen LogP contribution in [0.15, 0.2) is 70.6 Å². The zero-order chi connectivity index (χ0) is 19.2. The maximum Gasteiger partial charge on any atom is 0.252 e. The highest BCUT2D eigenvalue weighted by Crippen LogP contribution is 2.20. The number of H-pyrrole nitrogens is 1. The first kappa shape index (κ1) is 18.7. The van der Waals surface area contributed by atoms with Crippen molar-refractivity contribution in [1.29, 1.82) is 0 Å². The number of aromatic nitrogens is 3. The highest BCUT2D eigenvalue weighted by atomic mass is 32.2. The van der Waals surface area contributed by atoms with Crippen molar-refractivity contribution in [3.05, 3.63) is 82.4 Å².